The van der Waals surface area contributed by atoms with Crippen molar-refractivity contribution in [2.75, 3.05) is 6.61 Å². The third-order valence-corrected chi connectivity index (χ3v) is 7.27. The molecule has 1 N–H and O–H groups in total. The lowest BCUT2D eigenvalue weighted by molar-refractivity contribution is -0.253. The average molecular weight is 597 g/mol. The minimum Gasteiger partial charge on any atom is -0.456 e. The van der Waals surface area contributed by atoms with Crippen LogP contribution in [0.1, 0.15) is 53.4 Å². The van der Waals surface area contributed by atoms with Gasteiger partial charge in [0.25, 0.3) is 0 Å². The van der Waals surface area contributed by atoms with E-state index in [1.165, 1.54) is 0 Å². The molecule has 1 saturated heterocycles. The van der Waals surface area contributed by atoms with E-state index in [1.54, 1.807) is 24.3 Å². The summed E-state index contributed by atoms with van der Waals surface area (Å²) in [7, 11) is 0. The van der Waals surface area contributed by atoms with Gasteiger partial charge in [0.15, 0.2) is 0 Å². The minimum absolute atomic E-state index is 0.165. The highest BCUT2D eigenvalue weighted by molar-refractivity contribution is 5.89. The van der Waals surface area contributed by atoms with Gasteiger partial charge in [0.2, 0.25) is 5.79 Å². The van der Waals surface area contributed by atoms with Crippen molar-refractivity contribution in [2.24, 2.45) is 0 Å². The first kappa shape index (κ1) is 31.6. The Balaban J connectivity index is 1.43. The molecule has 7 heteroatoms. The maximum Gasteiger partial charge on any atom is 0.338 e. The number of hydrogen-bond donors (Lipinski definition) is 1. The van der Waals surface area contributed by atoms with Crippen LogP contribution in [-0.2, 0) is 49.3 Å². The molecule has 1 aliphatic rings. The maximum absolute atomic E-state index is 12.7. The van der Waals surface area contributed by atoms with Crippen LogP contribution in [-0.4, -0.2) is 41.6 Å². The van der Waals surface area contributed by atoms with Crippen LogP contribution in [0.15, 0.2) is 115 Å². The highest BCUT2D eigenvalue weighted by Crippen LogP contribution is 2.42. The zero-order valence-electron chi connectivity index (χ0n) is 25.4. The molecule has 1 fully saturated rings. The second-order valence-electron chi connectivity index (χ2n) is 11.9. The Morgan fingerprint density at radius 2 is 1.23 bits per heavy atom. The van der Waals surface area contributed by atoms with Gasteiger partial charge in [-0.25, -0.2) is 4.79 Å². The molecule has 1 unspecified atom stereocenters. The van der Waals surface area contributed by atoms with Crippen LogP contribution >= 0.6 is 0 Å². The van der Waals surface area contributed by atoms with E-state index < -0.39 is 35.7 Å². The van der Waals surface area contributed by atoms with Crippen molar-refractivity contribution in [2.45, 2.75) is 70.3 Å². The predicted molar refractivity (Wildman–Crippen MR) is 167 cm³/mol. The third-order valence-electron chi connectivity index (χ3n) is 7.27. The molecule has 0 radical (unpaired) electrons. The number of benzene rings is 4. The van der Waals surface area contributed by atoms with Crippen molar-refractivity contribution < 1.29 is 33.6 Å². The standard InChI is InChI=1S/C37H40O7/c1-36(2,3)44-35(38)30-19-21-31(22-20-30)37(39)34(42-25-29-17-11-6-12-18-29)33(41-24-28-15-9-5-10-16-28)32(43-37)26-40-23-27-13-7-4-8-14-27/h4-22,32-34,39H,23-26H2,1-3H3/t32-,33-,34-,37?/m1/s1. The Morgan fingerprint density at radius 3 is 1.75 bits per heavy atom. The van der Waals surface area contributed by atoms with Gasteiger partial charge in [-0.2, -0.15) is 0 Å². The van der Waals surface area contributed by atoms with Crippen molar-refractivity contribution in [3.63, 3.8) is 0 Å². The number of ether oxygens (including phenoxy) is 5. The molecule has 0 saturated carbocycles. The van der Waals surface area contributed by atoms with Crippen LogP contribution in [0.5, 0.6) is 0 Å². The van der Waals surface area contributed by atoms with Gasteiger partial charge in [0.1, 0.15) is 23.9 Å². The van der Waals surface area contributed by atoms with Crippen molar-refractivity contribution in [1.82, 2.24) is 0 Å². The second-order valence-corrected chi connectivity index (χ2v) is 11.9. The van der Waals surface area contributed by atoms with Crippen LogP contribution < -0.4 is 0 Å². The van der Waals surface area contributed by atoms with Gasteiger partial charge in [-0.1, -0.05) is 103 Å². The first-order valence-corrected chi connectivity index (χ1v) is 14.9. The summed E-state index contributed by atoms with van der Waals surface area (Å²) >= 11 is 0. The number of hydrogen-bond acceptors (Lipinski definition) is 7. The van der Waals surface area contributed by atoms with Crippen molar-refractivity contribution in [3.05, 3.63) is 143 Å². The van der Waals surface area contributed by atoms with Gasteiger partial charge in [0.05, 0.1) is 32.0 Å². The molecule has 44 heavy (non-hydrogen) atoms. The summed E-state index contributed by atoms with van der Waals surface area (Å²) in [4.78, 5) is 12.7. The van der Waals surface area contributed by atoms with E-state index in [2.05, 4.69) is 0 Å². The molecule has 0 aliphatic carbocycles. The first-order valence-electron chi connectivity index (χ1n) is 14.9. The Hall–Kier alpha value is -3.85. The topological polar surface area (TPSA) is 83.5 Å². The van der Waals surface area contributed by atoms with Crippen LogP contribution in [0.4, 0.5) is 0 Å². The van der Waals surface area contributed by atoms with E-state index in [0.717, 1.165) is 16.7 Å². The number of rotatable bonds is 12. The van der Waals surface area contributed by atoms with Crippen LogP contribution in [0.25, 0.3) is 0 Å². The highest BCUT2D eigenvalue weighted by atomic mass is 16.7. The maximum atomic E-state index is 12.7. The van der Waals surface area contributed by atoms with Crippen LogP contribution in [0.3, 0.4) is 0 Å². The molecular formula is C37H40O7. The molecule has 4 aromatic carbocycles. The van der Waals surface area contributed by atoms with Gasteiger partial charge >= 0.3 is 5.97 Å². The van der Waals surface area contributed by atoms with E-state index in [4.69, 9.17) is 23.7 Å². The van der Waals surface area contributed by atoms with Crippen molar-refractivity contribution in [3.8, 4) is 0 Å². The molecule has 0 aromatic heterocycles. The quantitative estimate of drug-likeness (QED) is 0.185. The summed E-state index contributed by atoms with van der Waals surface area (Å²) in [6.07, 6.45) is -2.24. The van der Waals surface area contributed by atoms with Crippen LogP contribution in [0, 0.1) is 0 Å². The summed E-state index contributed by atoms with van der Waals surface area (Å²) in [6, 6.07) is 36.0. The molecule has 0 bridgehead atoms. The Labute approximate surface area is 259 Å². The Kier molecular flexibility index (Phi) is 10.3. The normalized spacial score (nSPS) is 21.7. The molecule has 4 aromatic rings. The van der Waals surface area contributed by atoms with E-state index >= 15 is 0 Å². The van der Waals surface area contributed by atoms with E-state index in [9.17, 15) is 9.90 Å². The summed E-state index contributed by atoms with van der Waals surface area (Å²) < 4.78 is 31.0. The molecule has 0 spiro atoms. The van der Waals surface area contributed by atoms with Gasteiger partial charge in [-0.15, -0.1) is 0 Å². The lowest BCUT2D eigenvalue weighted by Gasteiger charge is -2.31. The summed E-state index contributed by atoms with van der Waals surface area (Å²) in [6.45, 7) is 6.53. The second kappa shape index (κ2) is 14.3. The number of carbonyl (C=O) groups excluding carboxylic acids is 1. The van der Waals surface area contributed by atoms with Gasteiger partial charge in [0, 0.05) is 5.56 Å². The zero-order chi connectivity index (χ0) is 31.0. The average Bonchev–Trinajstić information content (AvgIpc) is 3.30. The first-order chi connectivity index (χ1) is 21.2. The summed E-state index contributed by atoms with van der Waals surface area (Å²) in [5.41, 5.74) is 3.12. The fourth-order valence-electron chi connectivity index (χ4n) is 5.12. The molecule has 4 atom stereocenters. The summed E-state index contributed by atoms with van der Waals surface area (Å²) in [5.74, 6) is -2.33. The van der Waals surface area contributed by atoms with Gasteiger partial charge in [-0.3, -0.25) is 0 Å². The van der Waals surface area contributed by atoms with Crippen molar-refractivity contribution >= 4 is 5.97 Å². The molecule has 1 heterocycles. The van der Waals surface area contributed by atoms with E-state index in [0.29, 0.717) is 24.3 Å². The SMILES string of the molecule is CC(C)(C)OC(=O)c1ccc(C2(O)O[C@H](COCc3ccccc3)[C@@H](OCc3ccccc3)[C@H]2OCc2ccccc2)cc1. The molecule has 5 rings (SSSR count). The smallest absolute Gasteiger partial charge is 0.338 e. The molecule has 1 aliphatic heterocycles. The number of carbonyl (C=O) groups is 1. The Morgan fingerprint density at radius 1 is 0.727 bits per heavy atom. The van der Waals surface area contributed by atoms with Gasteiger partial charge < -0.3 is 28.8 Å². The lowest BCUT2D eigenvalue weighted by Crippen LogP contribution is -2.44. The molecule has 230 valence electrons. The van der Waals surface area contributed by atoms with E-state index in [1.807, 2.05) is 112 Å². The minimum atomic E-state index is -1.89. The highest BCUT2D eigenvalue weighted by Gasteiger charge is 2.57. The third kappa shape index (κ3) is 8.20. The number of esters is 1. The van der Waals surface area contributed by atoms with E-state index in [-0.39, 0.29) is 13.2 Å². The number of aliphatic hydroxyl groups is 1. The molecule has 0 amide bonds. The lowest BCUT2D eigenvalue weighted by atomic mass is 9.96. The Bertz CT molecular complexity index is 1450. The molecular weight excluding hydrogens is 556 g/mol. The van der Waals surface area contributed by atoms with Gasteiger partial charge in [-0.05, 0) is 49.6 Å². The molecule has 7 nitrogen and oxygen atoms in total. The largest absolute Gasteiger partial charge is 0.456 e. The predicted octanol–water partition coefficient (Wildman–Crippen LogP) is 6.57. The van der Waals surface area contributed by atoms with Crippen LogP contribution in [0.2, 0.25) is 0 Å². The summed E-state index contributed by atoms with van der Waals surface area (Å²) in [5, 5.41) is 12.3. The monoisotopic (exact) mass is 596 g/mol. The fourth-order valence-corrected chi connectivity index (χ4v) is 5.12. The zero-order valence-corrected chi connectivity index (χ0v) is 25.4. The fraction of sp³-hybridized carbons (Fsp3) is 0.324. The van der Waals surface area contributed by atoms with Crippen molar-refractivity contribution in [1.29, 1.82) is 0 Å².